The summed E-state index contributed by atoms with van der Waals surface area (Å²) >= 11 is 0. The molecule has 88 valence electrons. The molecule has 2 aliphatic rings. The van der Waals surface area contributed by atoms with Gasteiger partial charge in [-0.2, -0.15) is 0 Å². The third-order valence-corrected chi connectivity index (χ3v) is 3.73. The van der Waals surface area contributed by atoms with Crippen molar-refractivity contribution in [2.75, 3.05) is 19.6 Å². The van der Waals surface area contributed by atoms with Crippen molar-refractivity contribution in [3.8, 4) is 0 Å². The number of aryl methyl sites for hydroxylation is 1. The first-order chi connectivity index (χ1) is 7.81. The van der Waals surface area contributed by atoms with E-state index in [4.69, 9.17) is 4.52 Å². The van der Waals surface area contributed by atoms with E-state index in [0.717, 1.165) is 30.5 Å². The van der Waals surface area contributed by atoms with E-state index >= 15 is 0 Å². The van der Waals surface area contributed by atoms with Gasteiger partial charge < -0.3 is 9.84 Å². The molecule has 2 aliphatic heterocycles. The number of fused-ring (bicyclic) bond motifs is 1. The number of piperidine rings is 1. The zero-order valence-corrected chi connectivity index (χ0v) is 9.78. The number of likely N-dealkylation sites (tertiary alicyclic amines) is 1. The average molecular weight is 221 g/mol. The predicted octanol–water partition coefficient (Wildman–Crippen LogP) is 1.17. The number of nitrogens with one attached hydrogen (secondary N) is 1. The van der Waals surface area contributed by atoms with Gasteiger partial charge in [-0.25, -0.2) is 0 Å². The fourth-order valence-electron chi connectivity index (χ4n) is 2.98. The van der Waals surface area contributed by atoms with Crippen LogP contribution in [-0.4, -0.2) is 35.7 Å². The van der Waals surface area contributed by atoms with Crippen LogP contribution in [0.5, 0.6) is 0 Å². The molecule has 1 aromatic heterocycles. The molecule has 16 heavy (non-hydrogen) atoms. The smallest absolute Gasteiger partial charge is 0.150 e. The van der Waals surface area contributed by atoms with Crippen LogP contribution in [0.3, 0.4) is 0 Å². The van der Waals surface area contributed by atoms with Gasteiger partial charge in [-0.1, -0.05) is 5.16 Å². The van der Waals surface area contributed by atoms with Gasteiger partial charge >= 0.3 is 0 Å². The molecule has 0 aromatic carbocycles. The lowest BCUT2D eigenvalue weighted by Crippen LogP contribution is -2.40. The minimum absolute atomic E-state index is 0.706. The lowest BCUT2D eigenvalue weighted by atomic mass is 9.94. The Morgan fingerprint density at radius 3 is 3.25 bits per heavy atom. The average Bonchev–Trinajstić information content (AvgIpc) is 2.84. The molecule has 0 amide bonds. The maximum absolute atomic E-state index is 5.27. The maximum atomic E-state index is 5.27. The molecule has 0 radical (unpaired) electrons. The third kappa shape index (κ3) is 1.99. The van der Waals surface area contributed by atoms with E-state index in [-0.39, 0.29) is 0 Å². The molecule has 0 saturated carbocycles. The zero-order chi connectivity index (χ0) is 11.0. The molecular weight excluding hydrogens is 202 g/mol. The Hall–Kier alpha value is -0.870. The summed E-state index contributed by atoms with van der Waals surface area (Å²) in [5.41, 5.74) is 0.977. The summed E-state index contributed by atoms with van der Waals surface area (Å²) in [7, 11) is 0. The molecule has 3 heterocycles. The fraction of sp³-hybridized carbons (Fsp3) is 0.750. The summed E-state index contributed by atoms with van der Waals surface area (Å²) in [4.78, 5) is 2.48. The van der Waals surface area contributed by atoms with Crippen LogP contribution in [0.2, 0.25) is 0 Å². The number of aromatic nitrogens is 1. The second-order valence-corrected chi connectivity index (χ2v) is 5.09. The van der Waals surface area contributed by atoms with Gasteiger partial charge in [0.05, 0.1) is 12.2 Å². The Labute approximate surface area is 96.0 Å². The summed E-state index contributed by atoms with van der Waals surface area (Å²) in [6.07, 6.45) is 2.71. The van der Waals surface area contributed by atoms with Crippen molar-refractivity contribution in [1.29, 1.82) is 0 Å². The highest BCUT2D eigenvalue weighted by Crippen LogP contribution is 2.25. The van der Waals surface area contributed by atoms with Gasteiger partial charge in [-0.05, 0) is 32.2 Å². The van der Waals surface area contributed by atoms with E-state index in [0.29, 0.717) is 6.04 Å². The molecule has 2 saturated heterocycles. The quantitative estimate of drug-likeness (QED) is 0.814. The van der Waals surface area contributed by atoms with Gasteiger partial charge in [-0.3, -0.25) is 4.90 Å². The summed E-state index contributed by atoms with van der Waals surface area (Å²) in [5.74, 6) is 1.84. The number of rotatable bonds is 2. The van der Waals surface area contributed by atoms with Gasteiger partial charge in [0.25, 0.3) is 0 Å². The highest BCUT2D eigenvalue weighted by molar-refractivity contribution is 5.04. The summed E-state index contributed by atoms with van der Waals surface area (Å²) < 4.78 is 5.27. The molecule has 3 rings (SSSR count). The van der Waals surface area contributed by atoms with Crippen LogP contribution in [0.1, 0.15) is 24.3 Å². The molecule has 4 heteroatoms. The van der Waals surface area contributed by atoms with Crippen LogP contribution < -0.4 is 5.32 Å². The molecule has 0 aliphatic carbocycles. The van der Waals surface area contributed by atoms with Crippen LogP contribution in [0.25, 0.3) is 0 Å². The van der Waals surface area contributed by atoms with Crippen LogP contribution in [-0.2, 0) is 6.54 Å². The number of hydrogen-bond acceptors (Lipinski definition) is 4. The van der Waals surface area contributed by atoms with Gasteiger partial charge in [0, 0.05) is 25.2 Å². The van der Waals surface area contributed by atoms with Crippen molar-refractivity contribution in [1.82, 2.24) is 15.4 Å². The zero-order valence-electron chi connectivity index (χ0n) is 9.78. The van der Waals surface area contributed by atoms with Gasteiger partial charge in [-0.15, -0.1) is 0 Å². The topological polar surface area (TPSA) is 41.3 Å². The monoisotopic (exact) mass is 221 g/mol. The summed E-state index contributed by atoms with van der Waals surface area (Å²) in [6, 6.07) is 2.74. The van der Waals surface area contributed by atoms with E-state index in [1.807, 2.05) is 13.0 Å². The lowest BCUT2D eigenvalue weighted by molar-refractivity contribution is 0.264. The largest absolute Gasteiger partial charge is 0.360 e. The van der Waals surface area contributed by atoms with Crippen LogP contribution >= 0.6 is 0 Å². The van der Waals surface area contributed by atoms with E-state index in [1.54, 1.807) is 0 Å². The summed E-state index contributed by atoms with van der Waals surface area (Å²) in [6.45, 7) is 6.44. The maximum Gasteiger partial charge on any atom is 0.150 e. The predicted molar refractivity (Wildman–Crippen MR) is 61.0 cm³/mol. The van der Waals surface area contributed by atoms with Gasteiger partial charge in [0.1, 0.15) is 0 Å². The Morgan fingerprint density at radius 1 is 1.56 bits per heavy atom. The van der Waals surface area contributed by atoms with Crippen LogP contribution in [0.15, 0.2) is 10.6 Å². The molecule has 4 nitrogen and oxygen atoms in total. The van der Waals surface area contributed by atoms with E-state index in [1.165, 1.54) is 25.9 Å². The normalized spacial score (nSPS) is 30.6. The summed E-state index contributed by atoms with van der Waals surface area (Å²) in [5, 5.41) is 7.55. The molecule has 2 atom stereocenters. The number of hydrogen-bond donors (Lipinski definition) is 1. The van der Waals surface area contributed by atoms with Gasteiger partial charge in [0.15, 0.2) is 5.76 Å². The minimum Gasteiger partial charge on any atom is -0.360 e. The first-order valence-electron chi connectivity index (χ1n) is 6.19. The molecule has 0 bridgehead atoms. The van der Waals surface area contributed by atoms with E-state index < -0.39 is 0 Å². The fourth-order valence-corrected chi connectivity index (χ4v) is 2.98. The van der Waals surface area contributed by atoms with Crippen molar-refractivity contribution in [2.24, 2.45) is 5.92 Å². The number of nitrogens with zero attached hydrogens (tertiary/aromatic N) is 2. The molecule has 2 fully saturated rings. The SMILES string of the molecule is Cc1cc(CN2C[C@@H]3CCCN[C@@H]3C2)on1. The third-order valence-electron chi connectivity index (χ3n) is 3.73. The van der Waals surface area contributed by atoms with Crippen molar-refractivity contribution in [3.05, 3.63) is 17.5 Å². The highest BCUT2D eigenvalue weighted by atomic mass is 16.5. The Morgan fingerprint density at radius 2 is 2.50 bits per heavy atom. The Bertz CT molecular complexity index is 349. The first-order valence-corrected chi connectivity index (χ1v) is 6.19. The van der Waals surface area contributed by atoms with Gasteiger partial charge in [0.2, 0.25) is 0 Å². The molecule has 1 N–H and O–H groups in total. The lowest BCUT2D eigenvalue weighted by Gasteiger charge is -2.24. The Kier molecular flexibility index (Phi) is 2.69. The highest BCUT2D eigenvalue weighted by Gasteiger charge is 2.34. The van der Waals surface area contributed by atoms with Crippen molar-refractivity contribution < 1.29 is 4.52 Å². The molecule has 1 aromatic rings. The minimum atomic E-state index is 0.706. The van der Waals surface area contributed by atoms with Crippen LogP contribution in [0, 0.1) is 12.8 Å². The second kappa shape index (κ2) is 4.18. The van der Waals surface area contributed by atoms with E-state index in [2.05, 4.69) is 15.4 Å². The molecule has 0 unspecified atom stereocenters. The van der Waals surface area contributed by atoms with Crippen molar-refractivity contribution >= 4 is 0 Å². The Balaban J connectivity index is 1.61. The van der Waals surface area contributed by atoms with E-state index in [9.17, 15) is 0 Å². The standard InChI is InChI=1S/C12H19N3O/c1-9-5-11(16-14-9)7-15-6-10-3-2-4-13-12(10)8-15/h5,10,12-13H,2-4,6-8H2,1H3/t10-,12+/m0/s1. The first kappa shape index (κ1) is 10.3. The molecular formula is C12H19N3O. The second-order valence-electron chi connectivity index (χ2n) is 5.09. The molecule has 0 spiro atoms. The van der Waals surface area contributed by atoms with Crippen molar-refractivity contribution in [2.45, 2.75) is 32.4 Å². The van der Waals surface area contributed by atoms with Crippen LogP contribution in [0.4, 0.5) is 0 Å². The van der Waals surface area contributed by atoms with Crippen molar-refractivity contribution in [3.63, 3.8) is 0 Å².